The summed E-state index contributed by atoms with van der Waals surface area (Å²) >= 11 is 6.11. The number of halogens is 1. The third-order valence-corrected chi connectivity index (χ3v) is 8.35. The first kappa shape index (κ1) is 27.0. The smallest absolute Gasteiger partial charge is 0.305 e. The van der Waals surface area contributed by atoms with E-state index in [2.05, 4.69) is 22.6 Å². The van der Waals surface area contributed by atoms with Crippen LogP contribution < -0.4 is 4.74 Å². The van der Waals surface area contributed by atoms with Crippen LogP contribution in [0.25, 0.3) is 0 Å². The van der Waals surface area contributed by atoms with Crippen LogP contribution in [0, 0.1) is 23.2 Å². The lowest BCUT2D eigenvalue weighted by molar-refractivity contribution is -0.140. The standard InChI is InChI=1S/C26H31ClN2O5S/c1-19-16-29(10-9-20-12-21(15-28)14-23(27)13-20)17-22(19)18-34-24-5-7-25(8-6-24)35(31,32)11-3-4-26(30)33-2/h5-8,12-14,19,22H,3-4,9-11,16-18H2,1-2H3. The zero-order valence-electron chi connectivity index (χ0n) is 20.1. The van der Waals surface area contributed by atoms with Gasteiger partial charge in [-0.05, 0) is 66.8 Å². The number of nitrogens with zero attached hydrogens (tertiary/aromatic N) is 2. The summed E-state index contributed by atoms with van der Waals surface area (Å²) < 4.78 is 35.4. The predicted molar refractivity (Wildman–Crippen MR) is 134 cm³/mol. The Morgan fingerprint density at radius 1 is 1.20 bits per heavy atom. The molecule has 0 aliphatic carbocycles. The van der Waals surface area contributed by atoms with Crippen LogP contribution in [-0.2, 0) is 25.8 Å². The van der Waals surface area contributed by atoms with E-state index in [9.17, 15) is 13.2 Å². The molecule has 9 heteroatoms. The summed E-state index contributed by atoms with van der Waals surface area (Å²) in [6.07, 6.45) is 1.12. The molecule has 0 N–H and O–H groups in total. The Kier molecular flexibility index (Phi) is 9.55. The van der Waals surface area contributed by atoms with Crippen molar-refractivity contribution in [1.29, 1.82) is 5.26 Å². The fourth-order valence-electron chi connectivity index (χ4n) is 4.26. The van der Waals surface area contributed by atoms with Crippen molar-refractivity contribution in [2.24, 2.45) is 11.8 Å². The molecule has 3 rings (SSSR count). The molecular weight excluding hydrogens is 488 g/mol. The summed E-state index contributed by atoms with van der Waals surface area (Å²) in [5.41, 5.74) is 1.63. The number of hydrogen-bond donors (Lipinski definition) is 0. The van der Waals surface area contributed by atoms with Crippen LogP contribution in [0.2, 0.25) is 5.02 Å². The average molecular weight is 519 g/mol. The number of carbonyl (C=O) groups excluding carboxylic acids is 1. The van der Waals surface area contributed by atoms with Gasteiger partial charge in [0.25, 0.3) is 0 Å². The van der Waals surface area contributed by atoms with E-state index in [1.165, 1.54) is 7.11 Å². The number of ether oxygens (including phenoxy) is 2. The Balaban J connectivity index is 1.47. The summed E-state index contributed by atoms with van der Waals surface area (Å²) in [5, 5.41) is 9.71. The third-order valence-electron chi connectivity index (χ3n) is 6.32. The molecule has 2 aromatic rings. The molecule has 0 bridgehead atoms. The number of likely N-dealkylation sites (tertiary alicyclic amines) is 1. The van der Waals surface area contributed by atoms with Gasteiger partial charge in [-0.25, -0.2) is 8.42 Å². The minimum Gasteiger partial charge on any atom is -0.493 e. The highest BCUT2D eigenvalue weighted by Gasteiger charge is 2.29. The van der Waals surface area contributed by atoms with Crippen molar-refractivity contribution >= 4 is 27.4 Å². The van der Waals surface area contributed by atoms with Crippen LogP contribution in [0.1, 0.15) is 30.9 Å². The first-order valence-corrected chi connectivity index (χ1v) is 13.7. The third kappa shape index (κ3) is 7.96. The molecule has 0 aromatic heterocycles. The highest BCUT2D eigenvalue weighted by atomic mass is 35.5. The van der Waals surface area contributed by atoms with Crippen LogP contribution in [0.15, 0.2) is 47.4 Å². The first-order valence-electron chi connectivity index (χ1n) is 11.6. The monoisotopic (exact) mass is 518 g/mol. The molecule has 0 radical (unpaired) electrons. The second-order valence-electron chi connectivity index (χ2n) is 8.99. The summed E-state index contributed by atoms with van der Waals surface area (Å²) in [6, 6.07) is 14.1. The van der Waals surface area contributed by atoms with Crippen LogP contribution in [0.5, 0.6) is 5.75 Å². The van der Waals surface area contributed by atoms with E-state index in [0.29, 0.717) is 34.8 Å². The lowest BCUT2D eigenvalue weighted by atomic mass is 9.99. The normalized spacial score (nSPS) is 18.2. The summed E-state index contributed by atoms with van der Waals surface area (Å²) in [7, 11) is -2.18. The number of sulfone groups is 1. The van der Waals surface area contributed by atoms with Crippen LogP contribution in [0.4, 0.5) is 0 Å². The Morgan fingerprint density at radius 2 is 1.94 bits per heavy atom. The number of rotatable bonds is 11. The zero-order chi connectivity index (χ0) is 25.4. The maximum Gasteiger partial charge on any atom is 0.305 e. The van der Waals surface area contributed by atoms with Gasteiger partial charge >= 0.3 is 5.97 Å². The molecule has 2 aromatic carbocycles. The largest absolute Gasteiger partial charge is 0.493 e. The fourth-order valence-corrected chi connectivity index (χ4v) is 5.83. The molecular formula is C26H31ClN2O5S. The summed E-state index contributed by atoms with van der Waals surface area (Å²) in [4.78, 5) is 13.8. The Hall–Kier alpha value is -2.60. The predicted octanol–water partition coefficient (Wildman–Crippen LogP) is 4.13. The highest BCUT2D eigenvalue weighted by molar-refractivity contribution is 7.91. The van der Waals surface area contributed by atoms with Crippen molar-refractivity contribution < 1.29 is 22.7 Å². The van der Waals surface area contributed by atoms with Gasteiger partial charge in [0.15, 0.2) is 9.84 Å². The van der Waals surface area contributed by atoms with Gasteiger partial charge in [-0.15, -0.1) is 0 Å². The van der Waals surface area contributed by atoms with E-state index < -0.39 is 15.8 Å². The molecule has 1 saturated heterocycles. The quantitative estimate of drug-likeness (QED) is 0.412. The Bertz CT molecular complexity index is 1160. The maximum atomic E-state index is 12.5. The molecule has 0 spiro atoms. The van der Waals surface area contributed by atoms with E-state index in [1.54, 1.807) is 30.3 Å². The van der Waals surface area contributed by atoms with Gasteiger partial charge in [0.1, 0.15) is 5.75 Å². The molecule has 7 nitrogen and oxygen atoms in total. The highest BCUT2D eigenvalue weighted by Crippen LogP contribution is 2.26. The minimum atomic E-state index is -3.46. The number of carbonyl (C=O) groups is 1. The van der Waals surface area contributed by atoms with Gasteiger partial charge in [-0.3, -0.25) is 4.79 Å². The van der Waals surface area contributed by atoms with Crippen LogP contribution in [0.3, 0.4) is 0 Å². The molecule has 35 heavy (non-hydrogen) atoms. The lowest BCUT2D eigenvalue weighted by Gasteiger charge is -2.17. The van der Waals surface area contributed by atoms with Crippen molar-refractivity contribution in [3.05, 3.63) is 58.6 Å². The summed E-state index contributed by atoms with van der Waals surface area (Å²) in [6.45, 7) is 5.54. The van der Waals surface area contributed by atoms with Crippen LogP contribution >= 0.6 is 11.6 Å². The van der Waals surface area contributed by atoms with Crippen molar-refractivity contribution in [2.75, 3.05) is 39.1 Å². The van der Waals surface area contributed by atoms with Gasteiger partial charge in [-0.2, -0.15) is 5.26 Å². The molecule has 1 fully saturated rings. The summed E-state index contributed by atoms with van der Waals surface area (Å²) in [5.74, 6) is 0.947. The molecule has 2 atom stereocenters. The van der Waals surface area contributed by atoms with E-state index in [1.807, 2.05) is 12.1 Å². The zero-order valence-corrected chi connectivity index (χ0v) is 21.6. The van der Waals surface area contributed by atoms with Gasteiger partial charge in [-0.1, -0.05) is 18.5 Å². The minimum absolute atomic E-state index is 0.0769. The number of hydrogen-bond acceptors (Lipinski definition) is 7. The van der Waals surface area contributed by atoms with Gasteiger partial charge in [0.2, 0.25) is 0 Å². The molecule has 1 aliphatic heterocycles. The molecule has 0 amide bonds. The SMILES string of the molecule is COC(=O)CCCS(=O)(=O)c1ccc(OCC2CN(CCc3cc(Cl)cc(C#N)c3)CC2C)cc1. The van der Waals surface area contributed by atoms with Crippen molar-refractivity contribution in [1.82, 2.24) is 4.90 Å². The average Bonchev–Trinajstić information content (AvgIpc) is 3.20. The Labute approximate surface area is 212 Å². The number of esters is 1. The second kappa shape index (κ2) is 12.4. The lowest BCUT2D eigenvalue weighted by Crippen LogP contribution is -2.24. The Morgan fingerprint density at radius 3 is 2.63 bits per heavy atom. The van der Waals surface area contributed by atoms with E-state index in [-0.39, 0.29) is 23.5 Å². The number of methoxy groups -OCH3 is 1. The molecule has 188 valence electrons. The van der Waals surface area contributed by atoms with Crippen molar-refractivity contribution in [2.45, 2.75) is 31.1 Å². The fraction of sp³-hybridized carbons (Fsp3) is 0.462. The second-order valence-corrected chi connectivity index (χ2v) is 11.5. The van der Waals surface area contributed by atoms with E-state index >= 15 is 0 Å². The van der Waals surface area contributed by atoms with Crippen molar-refractivity contribution in [3.8, 4) is 11.8 Å². The molecule has 0 saturated carbocycles. The molecule has 1 aliphatic rings. The van der Waals surface area contributed by atoms with Gasteiger partial charge in [0, 0.05) is 37.0 Å². The van der Waals surface area contributed by atoms with Gasteiger partial charge in [0.05, 0.1) is 36.0 Å². The van der Waals surface area contributed by atoms with Crippen LogP contribution in [-0.4, -0.2) is 58.4 Å². The van der Waals surface area contributed by atoms with Gasteiger partial charge < -0.3 is 14.4 Å². The maximum absolute atomic E-state index is 12.5. The van der Waals surface area contributed by atoms with E-state index in [4.69, 9.17) is 21.6 Å². The number of benzene rings is 2. The molecule has 1 heterocycles. The van der Waals surface area contributed by atoms with E-state index in [0.717, 1.165) is 31.6 Å². The first-order chi connectivity index (χ1) is 16.7. The van der Waals surface area contributed by atoms with Crippen molar-refractivity contribution in [3.63, 3.8) is 0 Å². The molecule has 2 unspecified atom stereocenters. The topological polar surface area (TPSA) is 96.7 Å². The number of nitriles is 1.